The van der Waals surface area contributed by atoms with Gasteiger partial charge < -0.3 is 30.6 Å². The van der Waals surface area contributed by atoms with Crippen molar-refractivity contribution in [1.82, 2.24) is 20.6 Å². The second-order valence-electron chi connectivity index (χ2n) is 5.65. The molecule has 0 bridgehead atoms. The lowest BCUT2D eigenvalue weighted by atomic mass is 10.2. The molecule has 0 saturated carbocycles. The Kier molecular flexibility index (Phi) is 4.76. The number of hydrogen-bond donors (Lipinski definition) is 4. The van der Waals surface area contributed by atoms with Crippen LogP contribution in [-0.4, -0.2) is 84.5 Å². The Morgan fingerprint density at radius 1 is 0.750 bits per heavy atom. The Balaban J connectivity index is 2.08. The van der Waals surface area contributed by atoms with Gasteiger partial charge in [-0.25, -0.2) is 19.6 Å². The number of carbonyl (C=O) groups is 2. The monoisotopic (exact) mass is 336 g/mol. The highest BCUT2D eigenvalue weighted by Gasteiger charge is 2.29. The van der Waals surface area contributed by atoms with Crippen LogP contribution in [0.3, 0.4) is 0 Å². The highest BCUT2D eigenvalue weighted by Crippen LogP contribution is 2.25. The molecule has 2 aliphatic rings. The lowest BCUT2D eigenvalue weighted by Gasteiger charge is -2.32. The molecule has 0 aliphatic carbocycles. The molecular weight excluding hydrogens is 316 g/mol. The first-order valence-corrected chi connectivity index (χ1v) is 7.88. The maximum atomic E-state index is 11.6. The molecule has 0 amide bonds. The largest absolute Gasteiger partial charge is 0.476 e. The minimum atomic E-state index is -1.27. The third-order valence-corrected chi connectivity index (χ3v) is 4.10. The molecule has 3 rings (SSSR count). The molecule has 0 unspecified atom stereocenters. The Morgan fingerprint density at radius 3 is 1.46 bits per heavy atom. The Bertz CT molecular complexity index is 589. The summed E-state index contributed by atoms with van der Waals surface area (Å²) >= 11 is 0. The van der Waals surface area contributed by atoms with Crippen LogP contribution in [-0.2, 0) is 0 Å². The fourth-order valence-corrected chi connectivity index (χ4v) is 2.90. The maximum Gasteiger partial charge on any atom is 0.358 e. The van der Waals surface area contributed by atoms with Gasteiger partial charge >= 0.3 is 11.9 Å². The average molecular weight is 336 g/mol. The van der Waals surface area contributed by atoms with Gasteiger partial charge in [-0.2, -0.15) is 0 Å². The molecule has 130 valence electrons. The van der Waals surface area contributed by atoms with Crippen LogP contribution in [0, 0.1) is 0 Å². The van der Waals surface area contributed by atoms with E-state index in [1.54, 1.807) is 0 Å². The zero-order valence-electron chi connectivity index (χ0n) is 13.2. The molecule has 0 spiro atoms. The quantitative estimate of drug-likeness (QED) is 0.526. The zero-order valence-corrected chi connectivity index (χ0v) is 13.2. The molecule has 24 heavy (non-hydrogen) atoms. The van der Waals surface area contributed by atoms with Crippen molar-refractivity contribution >= 4 is 23.6 Å². The van der Waals surface area contributed by atoms with Gasteiger partial charge in [-0.3, -0.25) is 0 Å². The first-order valence-electron chi connectivity index (χ1n) is 7.88. The summed E-state index contributed by atoms with van der Waals surface area (Å²) in [6.07, 6.45) is 0. The predicted molar refractivity (Wildman–Crippen MR) is 86.1 cm³/mol. The minimum Gasteiger partial charge on any atom is -0.476 e. The summed E-state index contributed by atoms with van der Waals surface area (Å²) in [7, 11) is 0. The van der Waals surface area contributed by atoms with Gasteiger partial charge in [-0.15, -0.1) is 0 Å². The molecule has 10 heteroatoms. The number of rotatable bonds is 4. The van der Waals surface area contributed by atoms with Gasteiger partial charge in [0.25, 0.3) is 0 Å². The second kappa shape index (κ2) is 6.97. The van der Waals surface area contributed by atoms with Gasteiger partial charge in [0.1, 0.15) is 0 Å². The molecule has 1 aromatic heterocycles. The van der Waals surface area contributed by atoms with Crippen LogP contribution in [0.1, 0.15) is 21.0 Å². The Labute approximate surface area is 138 Å². The summed E-state index contributed by atoms with van der Waals surface area (Å²) in [5.74, 6) is -2.07. The van der Waals surface area contributed by atoms with Crippen molar-refractivity contribution in [1.29, 1.82) is 0 Å². The zero-order chi connectivity index (χ0) is 17.1. The third kappa shape index (κ3) is 3.24. The fraction of sp³-hybridized carbons (Fsp3) is 0.571. The predicted octanol–water partition coefficient (Wildman–Crippen LogP) is -1.31. The number of carboxylic acids is 2. The van der Waals surface area contributed by atoms with E-state index >= 15 is 0 Å². The number of hydrogen-bond acceptors (Lipinski definition) is 8. The van der Waals surface area contributed by atoms with Crippen LogP contribution < -0.4 is 20.4 Å². The van der Waals surface area contributed by atoms with E-state index in [1.165, 1.54) is 0 Å². The molecule has 4 N–H and O–H groups in total. The van der Waals surface area contributed by atoms with E-state index in [0.29, 0.717) is 52.4 Å². The number of piperazine rings is 2. The molecular formula is C14H20N6O4. The first kappa shape index (κ1) is 16.4. The van der Waals surface area contributed by atoms with E-state index in [0.717, 1.165) is 0 Å². The van der Waals surface area contributed by atoms with Gasteiger partial charge in [0.15, 0.2) is 23.0 Å². The summed E-state index contributed by atoms with van der Waals surface area (Å²) in [6, 6.07) is 0. The summed E-state index contributed by atoms with van der Waals surface area (Å²) in [4.78, 5) is 35.2. The summed E-state index contributed by atoms with van der Waals surface area (Å²) in [6.45, 7) is 5.25. The number of carboxylic acid groups (broad SMARTS) is 2. The van der Waals surface area contributed by atoms with Crippen molar-refractivity contribution in [3.63, 3.8) is 0 Å². The van der Waals surface area contributed by atoms with Gasteiger partial charge in [-0.1, -0.05) is 0 Å². The minimum absolute atomic E-state index is 0.238. The molecule has 1 aromatic rings. The highest BCUT2D eigenvalue weighted by molar-refractivity contribution is 5.96. The average Bonchev–Trinajstić information content (AvgIpc) is 2.62. The molecule has 0 radical (unpaired) electrons. The van der Waals surface area contributed by atoms with Crippen molar-refractivity contribution in [2.24, 2.45) is 0 Å². The van der Waals surface area contributed by atoms with E-state index in [-0.39, 0.29) is 23.0 Å². The highest BCUT2D eigenvalue weighted by atomic mass is 16.4. The van der Waals surface area contributed by atoms with Crippen LogP contribution in [0.2, 0.25) is 0 Å². The smallest absolute Gasteiger partial charge is 0.358 e. The van der Waals surface area contributed by atoms with E-state index in [9.17, 15) is 19.8 Å². The topological polar surface area (TPSA) is 131 Å². The molecule has 0 aromatic carbocycles. The van der Waals surface area contributed by atoms with Crippen LogP contribution in [0.4, 0.5) is 11.6 Å². The fourth-order valence-electron chi connectivity index (χ4n) is 2.90. The maximum absolute atomic E-state index is 11.6. The number of aromatic carboxylic acids is 2. The van der Waals surface area contributed by atoms with Crippen molar-refractivity contribution in [3.8, 4) is 0 Å². The second-order valence-corrected chi connectivity index (χ2v) is 5.65. The van der Waals surface area contributed by atoms with Crippen LogP contribution in [0.15, 0.2) is 0 Å². The first-order chi connectivity index (χ1) is 11.6. The standard InChI is InChI=1S/C14H20N6O4/c21-13(22)9-11(19-5-1-15-2-6-19)18-12(10(17-9)14(23)24)20-7-3-16-4-8-20/h15-16H,1-8H2,(H,21,22)(H,23,24). The molecule has 10 nitrogen and oxygen atoms in total. The molecule has 2 saturated heterocycles. The third-order valence-electron chi connectivity index (χ3n) is 4.10. The van der Waals surface area contributed by atoms with E-state index < -0.39 is 11.9 Å². The SMILES string of the molecule is O=C(O)c1nc(C(=O)O)c(N2CCNCC2)nc1N1CCNCC1. The number of anilines is 2. The van der Waals surface area contributed by atoms with Gasteiger partial charge in [0, 0.05) is 52.4 Å². The molecule has 0 atom stereocenters. The lowest BCUT2D eigenvalue weighted by molar-refractivity contribution is 0.0685. The normalized spacial score (nSPS) is 18.5. The van der Waals surface area contributed by atoms with E-state index in [1.807, 2.05) is 9.80 Å². The van der Waals surface area contributed by atoms with Crippen molar-refractivity contribution in [2.75, 3.05) is 62.2 Å². The number of nitrogens with one attached hydrogen (secondary N) is 2. The summed E-state index contributed by atoms with van der Waals surface area (Å²) in [5, 5.41) is 25.3. The number of aromatic nitrogens is 2. The lowest BCUT2D eigenvalue weighted by Crippen LogP contribution is -2.46. The van der Waals surface area contributed by atoms with Gasteiger partial charge in [0.2, 0.25) is 0 Å². The van der Waals surface area contributed by atoms with Crippen molar-refractivity contribution in [2.45, 2.75) is 0 Å². The van der Waals surface area contributed by atoms with Crippen LogP contribution >= 0.6 is 0 Å². The Hall–Kier alpha value is -2.46. The molecule has 2 fully saturated rings. The van der Waals surface area contributed by atoms with Gasteiger partial charge in [-0.05, 0) is 0 Å². The van der Waals surface area contributed by atoms with Crippen LogP contribution in [0.5, 0.6) is 0 Å². The van der Waals surface area contributed by atoms with Crippen LogP contribution in [0.25, 0.3) is 0 Å². The molecule has 2 aliphatic heterocycles. The summed E-state index contributed by atoms with van der Waals surface area (Å²) < 4.78 is 0. The van der Waals surface area contributed by atoms with E-state index in [2.05, 4.69) is 20.6 Å². The summed E-state index contributed by atoms with van der Waals surface area (Å²) in [5.41, 5.74) is -0.624. The molecule has 3 heterocycles. The van der Waals surface area contributed by atoms with Gasteiger partial charge in [0.05, 0.1) is 0 Å². The van der Waals surface area contributed by atoms with E-state index in [4.69, 9.17) is 0 Å². The van der Waals surface area contributed by atoms with Crippen molar-refractivity contribution < 1.29 is 19.8 Å². The number of nitrogens with zero attached hydrogens (tertiary/aromatic N) is 4. The van der Waals surface area contributed by atoms with Crippen molar-refractivity contribution in [3.05, 3.63) is 11.4 Å². The Morgan fingerprint density at radius 2 is 1.12 bits per heavy atom.